The molecule has 0 aliphatic carbocycles. The first-order chi connectivity index (χ1) is 10.7. The summed E-state index contributed by atoms with van der Waals surface area (Å²) in [6.07, 6.45) is 1.95. The Kier molecular flexibility index (Phi) is 5.60. The summed E-state index contributed by atoms with van der Waals surface area (Å²) in [4.78, 5) is 11.6. The first-order valence-electron chi connectivity index (χ1n) is 7.40. The van der Waals surface area contributed by atoms with Crippen molar-refractivity contribution in [2.24, 2.45) is 11.7 Å². The van der Waals surface area contributed by atoms with Gasteiger partial charge in [-0.2, -0.15) is 0 Å². The zero-order valence-corrected chi connectivity index (χ0v) is 12.6. The van der Waals surface area contributed by atoms with Crippen LogP contribution in [0, 0.1) is 5.92 Å². The predicted octanol–water partition coefficient (Wildman–Crippen LogP) is 1.49. The van der Waals surface area contributed by atoms with E-state index in [-0.39, 0.29) is 5.92 Å². The Bertz CT molecular complexity index is 582. The Hall–Kier alpha value is -2.28. The van der Waals surface area contributed by atoms with Crippen molar-refractivity contribution >= 4 is 5.97 Å². The number of aromatic amines is 1. The first kappa shape index (κ1) is 16.1. The van der Waals surface area contributed by atoms with Crippen LogP contribution in [0.1, 0.15) is 42.6 Å². The molecule has 2 rings (SSSR count). The smallest absolute Gasteiger partial charge is 0.307 e. The highest BCUT2D eigenvalue weighted by atomic mass is 16.4. The molecule has 0 fully saturated rings. The number of benzene rings is 1. The number of rotatable bonds is 8. The largest absolute Gasteiger partial charge is 0.481 e. The molecule has 7 nitrogen and oxygen atoms in total. The van der Waals surface area contributed by atoms with Crippen LogP contribution in [0.4, 0.5) is 0 Å². The first-order valence-corrected chi connectivity index (χ1v) is 7.40. The molecule has 4 N–H and O–H groups in total. The molecule has 7 heteroatoms. The van der Waals surface area contributed by atoms with Crippen molar-refractivity contribution in [2.75, 3.05) is 0 Å². The summed E-state index contributed by atoms with van der Waals surface area (Å²) in [6, 6.07) is 7.87. The summed E-state index contributed by atoms with van der Waals surface area (Å²) >= 11 is 0. The molecule has 118 valence electrons. The lowest BCUT2D eigenvalue weighted by molar-refractivity contribution is -0.142. The highest BCUT2D eigenvalue weighted by Crippen LogP contribution is 2.29. The number of H-pyrrole nitrogens is 1. The number of hydrogen-bond acceptors (Lipinski definition) is 5. The Morgan fingerprint density at radius 2 is 2.00 bits per heavy atom. The van der Waals surface area contributed by atoms with E-state index in [1.54, 1.807) is 0 Å². The quantitative estimate of drug-likeness (QED) is 0.680. The van der Waals surface area contributed by atoms with Gasteiger partial charge < -0.3 is 10.8 Å². The number of nitrogens with zero attached hydrogens (tertiary/aromatic N) is 3. The van der Waals surface area contributed by atoms with Crippen LogP contribution < -0.4 is 5.73 Å². The molecule has 1 aromatic carbocycles. The number of carboxylic acid groups (broad SMARTS) is 1. The summed E-state index contributed by atoms with van der Waals surface area (Å²) in [5.41, 5.74) is 7.69. The maximum Gasteiger partial charge on any atom is 0.307 e. The van der Waals surface area contributed by atoms with Crippen molar-refractivity contribution in [3.05, 3.63) is 41.2 Å². The predicted molar refractivity (Wildman–Crippen MR) is 81.0 cm³/mol. The number of aliphatic carboxylic acids is 1. The van der Waals surface area contributed by atoms with Crippen LogP contribution in [0.3, 0.4) is 0 Å². The third-order valence-corrected chi connectivity index (χ3v) is 3.83. The topological polar surface area (TPSA) is 118 Å². The molecule has 0 saturated heterocycles. The van der Waals surface area contributed by atoms with E-state index in [0.717, 1.165) is 17.5 Å². The second kappa shape index (κ2) is 7.65. The lowest BCUT2D eigenvalue weighted by atomic mass is 9.83. The fourth-order valence-electron chi connectivity index (χ4n) is 2.63. The van der Waals surface area contributed by atoms with E-state index in [1.165, 1.54) is 0 Å². The number of carboxylic acids is 1. The van der Waals surface area contributed by atoms with Gasteiger partial charge in [0.25, 0.3) is 0 Å². The fraction of sp³-hybridized carbons (Fsp3) is 0.467. The number of hydrogen-bond donors (Lipinski definition) is 3. The van der Waals surface area contributed by atoms with Gasteiger partial charge in [0.1, 0.15) is 0 Å². The second-order valence-corrected chi connectivity index (χ2v) is 5.35. The van der Waals surface area contributed by atoms with Gasteiger partial charge in [0.15, 0.2) is 5.82 Å². The van der Waals surface area contributed by atoms with E-state index in [4.69, 9.17) is 5.73 Å². The summed E-state index contributed by atoms with van der Waals surface area (Å²) in [7, 11) is 0. The van der Waals surface area contributed by atoms with Gasteiger partial charge in [-0.1, -0.05) is 37.6 Å². The normalized spacial score (nSPS) is 13.7. The number of carbonyl (C=O) groups is 1. The van der Waals surface area contributed by atoms with Gasteiger partial charge in [0, 0.05) is 12.5 Å². The molecule has 22 heavy (non-hydrogen) atoms. The Labute approximate surface area is 128 Å². The maximum absolute atomic E-state index is 11.6. The average Bonchev–Trinajstić information content (AvgIpc) is 3.05. The molecular weight excluding hydrogens is 282 g/mol. The molecule has 2 atom stereocenters. The van der Waals surface area contributed by atoms with Crippen LogP contribution in [0.25, 0.3) is 0 Å². The third-order valence-electron chi connectivity index (χ3n) is 3.83. The van der Waals surface area contributed by atoms with Crippen LogP contribution in [0.5, 0.6) is 0 Å². The molecule has 1 heterocycles. The average molecular weight is 303 g/mol. The molecule has 0 spiro atoms. The minimum absolute atomic E-state index is 0.281. The van der Waals surface area contributed by atoms with Crippen molar-refractivity contribution in [2.45, 2.75) is 38.6 Å². The minimum Gasteiger partial charge on any atom is -0.481 e. The van der Waals surface area contributed by atoms with Crippen molar-refractivity contribution < 1.29 is 9.90 Å². The highest BCUT2D eigenvalue weighted by molar-refractivity contribution is 5.71. The summed E-state index contributed by atoms with van der Waals surface area (Å²) in [5.74, 6) is -1.10. The van der Waals surface area contributed by atoms with Gasteiger partial charge >= 0.3 is 5.97 Å². The number of aromatic nitrogens is 4. The third kappa shape index (κ3) is 3.88. The number of nitrogens with two attached hydrogens (primary N) is 1. The van der Waals surface area contributed by atoms with E-state index in [9.17, 15) is 9.90 Å². The lowest BCUT2D eigenvalue weighted by Gasteiger charge is -2.21. The molecule has 0 aliphatic rings. The molecule has 0 saturated carbocycles. The standard InChI is InChI=1S/C15H21N5O2/c1-2-3-12(15(21)22)13(14-17-19-20-18-14)8-10-4-6-11(9-16)7-5-10/h4-7,12-13H,2-3,8-9,16H2,1H3,(H,21,22)(H,17,18,19,20)/t12?,13-/m0/s1. The molecule has 0 bridgehead atoms. The van der Waals surface area contributed by atoms with Gasteiger partial charge in [-0.15, -0.1) is 5.10 Å². The van der Waals surface area contributed by atoms with Gasteiger partial charge in [-0.25, -0.2) is 5.10 Å². The summed E-state index contributed by atoms with van der Waals surface area (Å²) in [6.45, 7) is 2.46. The molecule has 0 amide bonds. The fourth-order valence-corrected chi connectivity index (χ4v) is 2.63. The van der Waals surface area contributed by atoms with E-state index in [1.807, 2.05) is 31.2 Å². The van der Waals surface area contributed by atoms with E-state index in [0.29, 0.717) is 25.2 Å². The molecule has 1 unspecified atom stereocenters. The maximum atomic E-state index is 11.6. The highest BCUT2D eigenvalue weighted by Gasteiger charge is 2.31. The molecule has 0 aliphatic heterocycles. The van der Waals surface area contributed by atoms with Crippen LogP contribution in [0.15, 0.2) is 24.3 Å². The molecule has 1 aromatic heterocycles. The Morgan fingerprint density at radius 1 is 1.32 bits per heavy atom. The Balaban J connectivity index is 2.25. The zero-order valence-electron chi connectivity index (χ0n) is 12.6. The van der Waals surface area contributed by atoms with Crippen LogP contribution in [-0.4, -0.2) is 31.7 Å². The van der Waals surface area contributed by atoms with Crippen LogP contribution >= 0.6 is 0 Å². The Morgan fingerprint density at radius 3 is 2.50 bits per heavy atom. The molecular formula is C15H21N5O2. The lowest BCUT2D eigenvalue weighted by Crippen LogP contribution is -2.25. The van der Waals surface area contributed by atoms with Crippen LogP contribution in [0.2, 0.25) is 0 Å². The molecule has 2 aromatic rings. The number of tetrazole rings is 1. The minimum atomic E-state index is -0.818. The van der Waals surface area contributed by atoms with Gasteiger partial charge in [-0.05, 0) is 34.4 Å². The van der Waals surface area contributed by atoms with E-state index >= 15 is 0 Å². The van der Waals surface area contributed by atoms with Crippen LogP contribution in [-0.2, 0) is 17.8 Å². The van der Waals surface area contributed by atoms with Crippen molar-refractivity contribution in [3.63, 3.8) is 0 Å². The van der Waals surface area contributed by atoms with Gasteiger partial charge in [-0.3, -0.25) is 4.79 Å². The zero-order chi connectivity index (χ0) is 15.9. The monoisotopic (exact) mass is 303 g/mol. The van der Waals surface area contributed by atoms with Gasteiger partial charge in [0.2, 0.25) is 0 Å². The summed E-state index contributed by atoms with van der Waals surface area (Å²) < 4.78 is 0. The van der Waals surface area contributed by atoms with E-state index in [2.05, 4.69) is 20.6 Å². The summed E-state index contributed by atoms with van der Waals surface area (Å²) in [5, 5.41) is 23.4. The van der Waals surface area contributed by atoms with Crippen molar-refractivity contribution in [3.8, 4) is 0 Å². The number of nitrogens with one attached hydrogen (secondary N) is 1. The molecule has 0 radical (unpaired) electrons. The van der Waals surface area contributed by atoms with Gasteiger partial charge in [0.05, 0.1) is 5.92 Å². The van der Waals surface area contributed by atoms with Crippen molar-refractivity contribution in [1.82, 2.24) is 20.6 Å². The second-order valence-electron chi connectivity index (χ2n) is 5.35. The SMILES string of the molecule is CCCC(C(=O)O)[C@H](Cc1ccc(CN)cc1)c1nnn[nH]1. The van der Waals surface area contributed by atoms with Crippen molar-refractivity contribution in [1.29, 1.82) is 0 Å². The van der Waals surface area contributed by atoms with E-state index < -0.39 is 11.9 Å².